The van der Waals surface area contributed by atoms with Crippen LogP contribution < -0.4 is 5.32 Å². The summed E-state index contributed by atoms with van der Waals surface area (Å²) in [5.41, 5.74) is 1.16. The Morgan fingerprint density at radius 2 is 1.94 bits per heavy atom. The van der Waals surface area contributed by atoms with Gasteiger partial charge in [0.15, 0.2) is 0 Å². The number of hydrogen-bond donors (Lipinski definition) is 1. The van der Waals surface area contributed by atoms with Crippen LogP contribution >= 0.6 is 23.2 Å². The topological polar surface area (TPSA) is 21.3 Å². The molecule has 1 spiro atoms. The highest BCUT2D eigenvalue weighted by Gasteiger charge is 2.40. The van der Waals surface area contributed by atoms with Crippen molar-refractivity contribution in [1.82, 2.24) is 5.32 Å². The highest BCUT2D eigenvalue weighted by Crippen LogP contribution is 2.39. The summed E-state index contributed by atoms with van der Waals surface area (Å²) in [4.78, 5) is 0. The quantitative estimate of drug-likeness (QED) is 0.843. The van der Waals surface area contributed by atoms with Gasteiger partial charge in [-0.15, -0.1) is 0 Å². The van der Waals surface area contributed by atoms with Gasteiger partial charge in [-0.25, -0.2) is 0 Å². The van der Waals surface area contributed by atoms with E-state index in [0.29, 0.717) is 10.0 Å². The number of benzene rings is 1. The Morgan fingerprint density at radius 3 is 2.67 bits per heavy atom. The fraction of sp³-hybridized carbons (Fsp3) is 0.571. The van der Waals surface area contributed by atoms with Crippen LogP contribution in [0.25, 0.3) is 0 Å². The average Bonchev–Trinajstić information content (AvgIpc) is 2.81. The molecule has 2 nitrogen and oxygen atoms in total. The fourth-order valence-electron chi connectivity index (χ4n) is 3.03. The SMILES string of the molecule is Clc1ccc(C2CNCC3(CCCC3)O2)cc1Cl. The Labute approximate surface area is 118 Å². The molecule has 1 aliphatic heterocycles. The summed E-state index contributed by atoms with van der Waals surface area (Å²) in [7, 11) is 0. The molecular weight excluding hydrogens is 269 g/mol. The van der Waals surface area contributed by atoms with E-state index in [1.54, 1.807) is 0 Å². The standard InChI is InChI=1S/C14H17Cl2NO/c15-11-4-3-10(7-12(11)16)13-8-17-9-14(18-13)5-1-2-6-14/h3-4,7,13,17H,1-2,5-6,8-9H2. The summed E-state index contributed by atoms with van der Waals surface area (Å²) in [5, 5.41) is 4.70. The molecule has 0 radical (unpaired) electrons. The maximum absolute atomic E-state index is 6.35. The first-order valence-corrected chi connectivity index (χ1v) is 7.28. The summed E-state index contributed by atoms with van der Waals surface area (Å²) < 4.78 is 6.35. The van der Waals surface area contributed by atoms with Gasteiger partial charge in [0.2, 0.25) is 0 Å². The predicted molar refractivity (Wildman–Crippen MR) is 74.4 cm³/mol. The summed E-state index contributed by atoms with van der Waals surface area (Å²) >= 11 is 12.0. The molecule has 2 fully saturated rings. The van der Waals surface area contributed by atoms with E-state index in [1.807, 2.05) is 18.2 Å². The van der Waals surface area contributed by atoms with Gasteiger partial charge >= 0.3 is 0 Å². The number of rotatable bonds is 1. The lowest BCUT2D eigenvalue weighted by Gasteiger charge is -2.39. The maximum atomic E-state index is 6.35. The first-order valence-electron chi connectivity index (χ1n) is 6.52. The number of hydrogen-bond acceptors (Lipinski definition) is 2. The molecule has 0 bridgehead atoms. The minimum atomic E-state index is 0.0506. The molecule has 1 saturated heterocycles. The van der Waals surface area contributed by atoms with Crippen LogP contribution in [0.5, 0.6) is 0 Å². The third-order valence-electron chi connectivity index (χ3n) is 4.00. The van der Waals surface area contributed by atoms with Crippen molar-refractivity contribution in [3.8, 4) is 0 Å². The van der Waals surface area contributed by atoms with E-state index in [4.69, 9.17) is 27.9 Å². The van der Waals surface area contributed by atoms with Crippen molar-refractivity contribution in [3.63, 3.8) is 0 Å². The second kappa shape index (κ2) is 5.01. The van der Waals surface area contributed by atoms with Crippen LogP contribution in [0.1, 0.15) is 37.4 Å². The van der Waals surface area contributed by atoms with Gasteiger partial charge in [0.05, 0.1) is 21.8 Å². The molecule has 1 aromatic rings. The first-order chi connectivity index (χ1) is 8.69. The number of morpholine rings is 1. The third kappa shape index (κ3) is 2.39. The normalized spacial score (nSPS) is 26.7. The van der Waals surface area contributed by atoms with E-state index in [2.05, 4.69) is 5.32 Å². The molecule has 0 aromatic heterocycles. The van der Waals surface area contributed by atoms with Crippen molar-refractivity contribution in [2.45, 2.75) is 37.4 Å². The zero-order valence-electron chi connectivity index (χ0n) is 10.2. The van der Waals surface area contributed by atoms with Crippen LogP contribution in [-0.2, 0) is 4.74 Å². The van der Waals surface area contributed by atoms with E-state index in [1.165, 1.54) is 12.8 Å². The van der Waals surface area contributed by atoms with Crippen molar-refractivity contribution >= 4 is 23.2 Å². The van der Waals surface area contributed by atoms with Crippen molar-refractivity contribution in [2.75, 3.05) is 13.1 Å². The lowest BCUT2D eigenvalue weighted by Crippen LogP contribution is -2.49. The van der Waals surface area contributed by atoms with E-state index in [0.717, 1.165) is 31.5 Å². The maximum Gasteiger partial charge on any atom is 0.0957 e. The first kappa shape index (κ1) is 12.7. The molecule has 0 amide bonds. The Kier molecular flexibility index (Phi) is 3.55. The number of halogens is 2. The highest BCUT2D eigenvalue weighted by molar-refractivity contribution is 6.42. The van der Waals surface area contributed by atoms with Gasteiger partial charge < -0.3 is 10.1 Å². The molecule has 1 aromatic carbocycles. The minimum Gasteiger partial charge on any atom is -0.364 e. The molecule has 1 saturated carbocycles. The monoisotopic (exact) mass is 285 g/mol. The number of ether oxygens (including phenoxy) is 1. The van der Waals surface area contributed by atoms with Crippen molar-refractivity contribution < 1.29 is 4.74 Å². The van der Waals surface area contributed by atoms with Crippen LogP contribution in [0.15, 0.2) is 18.2 Å². The van der Waals surface area contributed by atoms with Gasteiger partial charge in [0.1, 0.15) is 0 Å². The number of nitrogens with one attached hydrogen (secondary N) is 1. The summed E-state index contributed by atoms with van der Waals surface area (Å²) in [6, 6.07) is 5.78. The van der Waals surface area contributed by atoms with E-state index in [9.17, 15) is 0 Å². The van der Waals surface area contributed by atoms with Crippen molar-refractivity contribution in [2.24, 2.45) is 0 Å². The zero-order chi connectivity index (χ0) is 12.6. The van der Waals surface area contributed by atoms with Crippen LogP contribution in [0, 0.1) is 0 Å². The lowest BCUT2D eigenvalue weighted by atomic mass is 9.97. The lowest BCUT2D eigenvalue weighted by molar-refractivity contribution is -0.114. The Bertz CT molecular complexity index is 443. The second-order valence-electron chi connectivity index (χ2n) is 5.30. The minimum absolute atomic E-state index is 0.0506. The highest BCUT2D eigenvalue weighted by atomic mass is 35.5. The van der Waals surface area contributed by atoms with Gasteiger partial charge in [0, 0.05) is 13.1 Å². The molecule has 4 heteroatoms. The molecule has 1 N–H and O–H groups in total. The smallest absolute Gasteiger partial charge is 0.0957 e. The van der Waals surface area contributed by atoms with Crippen LogP contribution in [0.2, 0.25) is 10.0 Å². The molecule has 1 unspecified atom stereocenters. The summed E-state index contributed by atoms with van der Waals surface area (Å²) in [6.07, 6.45) is 4.97. The van der Waals surface area contributed by atoms with Gasteiger partial charge in [0.25, 0.3) is 0 Å². The molecule has 3 rings (SSSR count). The van der Waals surface area contributed by atoms with Gasteiger partial charge in [-0.1, -0.05) is 42.1 Å². The molecule has 98 valence electrons. The molecular formula is C14H17Cl2NO. The largest absolute Gasteiger partial charge is 0.364 e. The van der Waals surface area contributed by atoms with Crippen molar-refractivity contribution in [1.29, 1.82) is 0 Å². The Balaban J connectivity index is 1.81. The molecule has 1 heterocycles. The fourth-order valence-corrected chi connectivity index (χ4v) is 3.34. The van der Waals surface area contributed by atoms with E-state index >= 15 is 0 Å². The average molecular weight is 286 g/mol. The predicted octanol–water partition coefficient (Wildman–Crippen LogP) is 3.97. The summed E-state index contributed by atoms with van der Waals surface area (Å²) in [5.74, 6) is 0. The summed E-state index contributed by atoms with van der Waals surface area (Å²) in [6.45, 7) is 1.82. The van der Waals surface area contributed by atoms with E-state index in [-0.39, 0.29) is 11.7 Å². The Hall–Kier alpha value is -0.280. The van der Waals surface area contributed by atoms with Crippen LogP contribution in [0.4, 0.5) is 0 Å². The van der Waals surface area contributed by atoms with Crippen molar-refractivity contribution in [3.05, 3.63) is 33.8 Å². The van der Waals surface area contributed by atoms with Gasteiger partial charge in [-0.2, -0.15) is 0 Å². The second-order valence-corrected chi connectivity index (χ2v) is 6.12. The van der Waals surface area contributed by atoms with E-state index < -0.39 is 0 Å². The van der Waals surface area contributed by atoms with Gasteiger partial charge in [-0.05, 0) is 30.5 Å². The van der Waals surface area contributed by atoms with Crippen LogP contribution in [0.3, 0.4) is 0 Å². The van der Waals surface area contributed by atoms with Crippen LogP contribution in [-0.4, -0.2) is 18.7 Å². The molecule has 2 aliphatic rings. The Morgan fingerprint density at radius 1 is 1.17 bits per heavy atom. The third-order valence-corrected chi connectivity index (χ3v) is 4.74. The molecule has 1 atom stereocenters. The molecule has 18 heavy (non-hydrogen) atoms. The molecule has 1 aliphatic carbocycles. The zero-order valence-corrected chi connectivity index (χ0v) is 11.7. The van der Waals surface area contributed by atoms with Gasteiger partial charge in [-0.3, -0.25) is 0 Å².